The molecule has 2 aromatic rings. The van der Waals surface area contributed by atoms with Crippen molar-refractivity contribution in [3.63, 3.8) is 0 Å². The van der Waals surface area contributed by atoms with Crippen LogP contribution in [0.25, 0.3) is 6.08 Å². The van der Waals surface area contributed by atoms with Gasteiger partial charge in [0.15, 0.2) is 5.78 Å². The Balaban J connectivity index is 1.62. The van der Waals surface area contributed by atoms with Gasteiger partial charge in [0.2, 0.25) is 5.91 Å². The summed E-state index contributed by atoms with van der Waals surface area (Å²) in [5.74, 6) is -0.103. The predicted octanol–water partition coefficient (Wildman–Crippen LogP) is 5.66. The predicted molar refractivity (Wildman–Crippen MR) is 122 cm³/mol. The average Bonchev–Trinajstić information content (AvgIpc) is 3.51. The van der Waals surface area contributed by atoms with E-state index < -0.39 is 17.1 Å². The molecule has 3 atom stereocenters. The van der Waals surface area contributed by atoms with Crippen molar-refractivity contribution in [3.05, 3.63) is 65.0 Å². The molecule has 1 aromatic carbocycles. The van der Waals surface area contributed by atoms with Gasteiger partial charge in [-0.25, -0.2) is 0 Å². The fraction of sp³-hybridized carbons (Fsp3) is 0.375. The van der Waals surface area contributed by atoms with E-state index in [1.807, 2.05) is 31.2 Å². The molecule has 5 nitrogen and oxygen atoms in total. The maximum Gasteiger partial charge on any atom is 0.433 e. The zero-order valence-electron chi connectivity index (χ0n) is 18.1. The van der Waals surface area contributed by atoms with Crippen molar-refractivity contribution < 1.29 is 22.8 Å². The van der Waals surface area contributed by atoms with E-state index in [9.17, 15) is 22.8 Å². The quantitative estimate of drug-likeness (QED) is 0.417. The van der Waals surface area contributed by atoms with Crippen LogP contribution in [0.5, 0.6) is 0 Å². The number of Topliss-reactive ketones (excluding diaryl/α,β-unsaturated/α-hetero) is 1. The monoisotopic (exact) mass is 475 g/mol. The van der Waals surface area contributed by atoms with Crippen molar-refractivity contribution >= 4 is 35.4 Å². The number of amides is 1. The van der Waals surface area contributed by atoms with Gasteiger partial charge in [0.25, 0.3) is 0 Å². The minimum Gasteiger partial charge on any atom is -0.325 e. The van der Waals surface area contributed by atoms with Crippen molar-refractivity contribution in [2.24, 2.45) is 11.8 Å². The maximum absolute atomic E-state index is 13.1. The van der Waals surface area contributed by atoms with Gasteiger partial charge >= 0.3 is 6.18 Å². The number of anilines is 1. The number of nitrogens with one attached hydrogen (secondary N) is 2. The molecule has 1 aromatic heterocycles. The number of halogens is 3. The van der Waals surface area contributed by atoms with Crippen LogP contribution in [0.3, 0.4) is 0 Å². The summed E-state index contributed by atoms with van der Waals surface area (Å²) >= 11 is 1.29. The Morgan fingerprint density at radius 2 is 2.00 bits per heavy atom. The molecule has 0 bridgehead atoms. The third-order valence-corrected chi connectivity index (χ3v) is 7.16. The summed E-state index contributed by atoms with van der Waals surface area (Å²) in [6.45, 7) is 3.41. The van der Waals surface area contributed by atoms with Crippen LogP contribution in [0.1, 0.15) is 59.9 Å². The first-order chi connectivity index (χ1) is 15.7. The summed E-state index contributed by atoms with van der Waals surface area (Å²) in [6.07, 6.45) is 2.22. The number of rotatable bonds is 6. The highest BCUT2D eigenvalue weighted by Gasteiger charge is 2.50. The van der Waals surface area contributed by atoms with Gasteiger partial charge < -0.3 is 5.32 Å². The number of alkyl halides is 3. The van der Waals surface area contributed by atoms with Crippen LogP contribution in [-0.4, -0.2) is 21.9 Å². The average molecular weight is 476 g/mol. The molecule has 3 unspecified atom stereocenters. The lowest BCUT2D eigenvalue weighted by atomic mass is 9.83. The van der Waals surface area contributed by atoms with E-state index >= 15 is 0 Å². The van der Waals surface area contributed by atoms with Gasteiger partial charge in [-0.05, 0) is 55.9 Å². The molecule has 1 saturated heterocycles. The summed E-state index contributed by atoms with van der Waals surface area (Å²) in [7, 11) is 0. The van der Waals surface area contributed by atoms with Crippen LogP contribution in [0, 0.1) is 11.8 Å². The van der Waals surface area contributed by atoms with Gasteiger partial charge in [0.05, 0.1) is 0 Å². The zero-order valence-corrected chi connectivity index (χ0v) is 19.0. The van der Waals surface area contributed by atoms with Gasteiger partial charge in [-0.1, -0.05) is 42.3 Å². The zero-order chi connectivity index (χ0) is 23.8. The standard InChI is InChI=1S/C24H24F3N3O2S/c1-3-5-17-16(13(2)31)6-4-7-18(17)21-20(14-8-9-14)22(33-30-21)23(32)29-15-10-11-28-19(12-15)24(25,26)27/h3-7,10-12,14,20-22,30H,8-9H2,1-2H3,(H,28,29,32)/b5-3-. The molecule has 1 saturated carbocycles. The first kappa shape index (κ1) is 23.5. The molecule has 1 aliphatic carbocycles. The van der Waals surface area contributed by atoms with Gasteiger partial charge in [0.1, 0.15) is 10.9 Å². The molecule has 174 valence electrons. The van der Waals surface area contributed by atoms with Gasteiger partial charge in [0, 0.05) is 29.4 Å². The van der Waals surface area contributed by atoms with E-state index in [4.69, 9.17) is 0 Å². The van der Waals surface area contributed by atoms with Crippen LogP contribution in [0.4, 0.5) is 18.9 Å². The van der Waals surface area contributed by atoms with E-state index in [2.05, 4.69) is 15.0 Å². The fourth-order valence-corrected chi connectivity index (χ4v) is 5.65. The van der Waals surface area contributed by atoms with Crippen molar-refractivity contribution in [3.8, 4) is 0 Å². The Morgan fingerprint density at radius 3 is 2.64 bits per heavy atom. The Labute approximate surface area is 194 Å². The van der Waals surface area contributed by atoms with Crippen molar-refractivity contribution in [2.45, 2.75) is 44.2 Å². The number of hydrogen-bond donors (Lipinski definition) is 2. The lowest BCUT2D eigenvalue weighted by Gasteiger charge is -2.25. The highest BCUT2D eigenvalue weighted by Crippen LogP contribution is 2.52. The fourth-order valence-electron chi connectivity index (χ4n) is 4.37. The summed E-state index contributed by atoms with van der Waals surface area (Å²) in [4.78, 5) is 28.7. The number of pyridine rings is 1. The number of ketones is 1. The smallest absolute Gasteiger partial charge is 0.325 e. The van der Waals surface area contributed by atoms with Gasteiger partial charge in [-0.2, -0.15) is 13.2 Å². The Morgan fingerprint density at radius 1 is 1.24 bits per heavy atom. The lowest BCUT2D eigenvalue weighted by molar-refractivity contribution is -0.141. The number of hydrogen-bond acceptors (Lipinski definition) is 5. The van der Waals surface area contributed by atoms with Crippen molar-refractivity contribution in [2.75, 3.05) is 5.32 Å². The molecule has 1 amide bonds. The molecule has 2 heterocycles. The number of carbonyl (C=O) groups excluding carboxylic acids is 2. The second-order valence-corrected chi connectivity index (χ2v) is 9.31. The van der Waals surface area contributed by atoms with Crippen molar-refractivity contribution in [1.82, 2.24) is 9.71 Å². The maximum atomic E-state index is 13.1. The molecule has 0 radical (unpaired) electrons. The molecule has 9 heteroatoms. The second kappa shape index (κ2) is 9.30. The molecule has 1 aliphatic heterocycles. The molecular formula is C24H24F3N3O2S. The number of carbonyl (C=O) groups is 2. The van der Waals surface area contributed by atoms with Crippen LogP contribution in [0.15, 0.2) is 42.6 Å². The summed E-state index contributed by atoms with van der Waals surface area (Å²) in [5, 5.41) is 2.16. The number of aromatic nitrogens is 1. The van der Waals surface area contributed by atoms with E-state index in [1.165, 1.54) is 24.9 Å². The Kier molecular flexibility index (Phi) is 6.63. The topological polar surface area (TPSA) is 71.1 Å². The highest BCUT2D eigenvalue weighted by molar-refractivity contribution is 7.99. The van der Waals surface area contributed by atoms with Crippen LogP contribution in [0.2, 0.25) is 0 Å². The minimum absolute atomic E-state index is 0.0361. The van der Waals surface area contributed by atoms with Crippen molar-refractivity contribution in [1.29, 1.82) is 0 Å². The summed E-state index contributed by atoms with van der Waals surface area (Å²) < 4.78 is 42.4. The SMILES string of the molecule is C/C=C\c1c(C(C)=O)cccc1C1NSC(C(=O)Nc2ccnc(C(F)(F)F)c2)C1C1CC1. The molecular weight excluding hydrogens is 451 g/mol. The van der Waals surface area contributed by atoms with Crippen LogP contribution in [-0.2, 0) is 11.0 Å². The third-order valence-electron chi connectivity index (χ3n) is 5.99. The van der Waals surface area contributed by atoms with E-state index in [-0.39, 0.29) is 29.3 Å². The number of benzene rings is 1. The first-order valence-electron chi connectivity index (χ1n) is 10.7. The molecule has 4 rings (SSSR count). The molecule has 2 N–H and O–H groups in total. The summed E-state index contributed by atoms with van der Waals surface area (Å²) in [5.41, 5.74) is 1.42. The third kappa shape index (κ3) is 4.99. The second-order valence-electron chi connectivity index (χ2n) is 8.33. The van der Waals surface area contributed by atoms with E-state index in [0.717, 1.165) is 36.2 Å². The van der Waals surface area contributed by atoms with Gasteiger partial charge in [-0.15, -0.1) is 0 Å². The van der Waals surface area contributed by atoms with Crippen LogP contribution < -0.4 is 10.0 Å². The van der Waals surface area contributed by atoms with E-state index in [0.29, 0.717) is 11.5 Å². The van der Waals surface area contributed by atoms with Crippen LogP contribution >= 0.6 is 11.9 Å². The minimum atomic E-state index is -4.59. The largest absolute Gasteiger partial charge is 0.433 e. The molecule has 2 fully saturated rings. The molecule has 2 aliphatic rings. The first-order valence-corrected chi connectivity index (χ1v) is 11.6. The molecule has 33 heavy (non-hydrogen) atoms. The highest BCUT2D eigenvalue weighted by atomic mass is 32.2. The molecule has 0 spiro atoms. The van der Waals surface area contributed by atoms with E-state index in [1.54, 1.807) is 6.07 Å². The summed E-state index contributed by atoms with van der Waals surface area (Å²) in [6, 6.07) is 7.64. The van der Waals surface area contributed by atoms with Gasteiger partial charge in [-0.3, -0.25) is 19.3 Å². The Hall–Kier alpha value is -2.65. The normalized spacial score (nSPS) is 23.1. The lowest BCUT2D eigenvalue weighted by Crippen LogP contribution is -2.32. The number of allylic oxidation sites excluding steroid dienone is 1. The number of nitrogens with zero attached hydrogens (tertiary/aromatic N) is 1. The Bertz CT molecular complexity index is 1100.